The van der Waals surface area contributed by atoms with Crippen molar-refractivity contribution < 1.29 is 14.3 Å². The van der Waals surface area contributed by atoms with E-state index >= 15 is 0 Å². The van der Waals surface area contributed by atoms with Gasteiger partial charge < -0.3 is 15.7 Å². The summed E-state index contributed by atoms with van der Waals surface area (Å²) in [7, 11) is 0. The van der Waals surface area contributed by atoms with Crippen LogP contribution in [0.25, 0.3) is 0 Å². The number of aromatic hydroxyl groups is 1. The Kier molecular flexibility index (Phi) is 8.60. The SMILES string of the molecule is CC(C)(Cc1ccc(F)cc1)NC(=O)Nc1ccccc1CCc1cc(C(C)(C)C)c(O)c(C(C)(C)C)c1. The lowest BCUT2D eigenvalue weighted by Crippen LogP contribution is -2.47. The van der Waals surface area contributed by atoms with Crippen LogP contribution in [0.4, 0.5) is 14.9 Å². The van der Waals surface area contributed by atoms with Gasteiger partial charge in [0, 0.05) is 11.2 Å². The maximum absolute atomic E-state index is 13.3. The molecule has 0 saturated carbocycles. The van der Waals surface area contributed by atoms with Crippen molar-refractivity contribution in [2.24, 2.45) is 0 Å². The van der Waals surface area contributed by atoms with Gasteiger partial charge in [-0.3, -0.25) is 0 Å². The van der Waals surface area contributed by atoms with Gasteiger partial charge in [-0.05, 0) is 90.0 Å². The molecule has 0 atom stereocenters. The summed E-state index contributed by atoms with van der Waals surface area (Å²) in [5.41, 5.74) is 4.96. The van der Waals surface area contributed by atoms with Crippen molar-refractivity contribution in [1.82, 2.24) is 5.32 Å². The number of carbonyl (C=O) groups excluding carboxylic acids is 1. The van der Waals surface area contributed by atoms with E-state index in [9.17, 15) is 14.3 Å². The largest absolute Gasteiger partial charge is 0.507 e. The maximum Gasteiger partial charge on any atom is 0.319 e. The van der Waals surface area contributed by atoms with Crippen molar-refractivity contribution in [2.45, 2.75) is 91.0 Å². The summed E-state index contributed by atoms with van der Waals surface area (Å²) in [5, 5.41) is 17.1. The van der Waals surface area contributed by atoms with Crippen LogP contribution < -0.4 is 10.6 Å². The Balaban J connectivity index is 1.75. The fourth-order valence-electron chi connectivity index (χ4n) is 4.74. The fraction of sp³-hybridized carbons (Fsp3) is 0.424. The number of urea groups is 1. The van der Waals surface area contributed by atoms with Crippen LogP contribution in [-0.4, -0.2) is 16.7 Å². The minimum absolute atomic E-state index is 0.182. The van der Waals surface area contributed by atoms with Crippen LogP contribution in [0.2, 0.25) is 0 Å². The molecule has 3 aromatic rings. The second kappa shape index (κ2) is 11.2. The third kappa shape index (κ3) is 7.83. The molecule has 0 bridgehead atoms. The molecular weight excluding hydrogens is 475 g/mol. The molecule has 0 fully saturated rings. The van der Waals surface area contributed by atoms with E-state index in [1.165, 1.54) is 12.1 Å². The van der Waals surface area contributed by atoms with E-state index in [0.717, 1.165) is 46.3 Å². The van der Waals surface area contributed by atoms with Gasteiger partial charge >= 0.3 is 6.03 Å². The summed E-state index contributed by atoms with van der Waals surface area (Å²) in [6.07, 6.45) is 2.10. The van der Waals surface area contributed by atoms with Crippen molar-refractivity contribution >= 4 is 11.7 Å². The number of para-hydroxylation sites is 1. The second-order valence-corrected chi connectivity index (χ2v) is 13.0. The Morgan fingerprint density at radius 2 is 1.34 bits per heavy atom. The number of amides is 2. The van der Waals surface area contributed by atoms with Crippen LogP contribution in [0.1, 0.15) is 83.2 Å². The third-order valence-electron chi connectivity index (χ3n) is 6.75. The highest BCUT2D eigenvalue weighted by Gasteiger charge is 2.26. The summed E-state index contributed by atoms with van der Waals surface area (Å²) >= 11 is 0. The minimum Gasteiger partial charge on any atom is -0.507 e. The number of aryl methyl sites for hydroxylation is 2. The highest BCUT2D eigenvalue weighted by atomic mass is 19.1. The van der Waals surface area contributed by atoms with Crippen LogP contribution in [0.3, 0.4) is 0 Å². The van der Waals surface area contributed by atoms with Gasteiger partial charge in [-0.15, -0.1) is 0 Å². The smallest absolute Gasteiger partial charge is 0.319 e. The zero-order valence-electron chi connectivity index (χ0n) is 24.1. The highest BCUT2D eigenvalue weighted by Crippen LogP contribution is 2.40. The highest BCUT2D eigenvalue weighted by molar-refractivity contribution is 5.90. The van der Waals surface area contributed by atoms with Crippen LogP contribution >= 0.6 is 0 Å². The number of benzene rings is 3. The van der Waals surface area contributed by atoms with Crippen molar-refractivity contribution in [3.05, 3.63) is 94.3 Å². The van der Waals surface area contributed by atoms with Crippen molar-refractivity contribution in [3.8, 4) is 5.75 Å². The number of hydrogen-bond acceptors (Lipinski definition) is 2. The second-order valence-electron chi connectivity index (χ2n) is 13.0. The fourth-order valence-corrected chi connectivity index (χ4v) is 4.74. The van der Waals surface area contributed by atoms with Gasteiger partial charge in [-0.25, -0.2) is 9.18 Å². The molecule has 38 heavy (non-hydrogen) atoms. The number of halogens is 1. The Labute approximate surface area is 227 Å². The minimum atomic E-state index is -0.518. The Morgan fingerprint density at radius 1 is 0.789 bits per heavy atom. The molecule has 3 N–H and O–H groups in total. The lowest BCUT2D eigenvalue weighted by Gasteiger charge is -2.28. The normalized spacial score (nSPS) is 12.3. The molecule has 3 rings (SSSR count). The summed E-state index contributed by atoms with van der Waals surface area (Å²) in [5.74, 6) is 0.112. The zero-order chi connectivity index (χ0) is 28.3. The number of phenols is 1. The lowest BCUT2D eigenvalue weighted by molar-refractivity contribution is 0.241. The predicted molar refractivity (Wildman–Crippen MR) is 156 cm³/mol. The number of rotatable bonds is 7. The molecule has 0 spiro atoms. The number of anilines is 1. The Hall–Kier alpha value is -3.34. The van der Waals surface area contributed by atoms with Crippen LogP contribution in [0.5, 0.6) is 5.75 Å². The monoisotopic (exact) mass is 518 g/mol. The lowest BCUT2D eigenvalue weighted by atomic mass is 9.78. The summed E-state index contributed by atoms with van der Waals surface area (Å²) < 4.78 is 13.3. The topological polar surface area (TPSA) is 61.4 Å². The average Bonchev–Trinajstić information content (AvgIpc) is 2.78. The number of hydrogen-bond donors (Lipinski definition) is 3. The first-order chi connectivity index (χ1) is 17.5. The van der Waals surface area contributed by atoms with E-state index in [2.05, 4.69) is 64.3 Å². The predicted octanol–water partition coefficient (Wildman–Crippen LogP) is 8.05. The first-order valence-corrected chi connectivity index (χ1v) is 13.3. The van der Waals surface area contributed by atoms with Gasteiger partial charge in [0.15, 0.2) is 0 Å². The molecule has 0 heterocycles. The molecule has 4 nitrogen and oxygen atoms in total. The standard InChI is InChI=1S/C33H43FN2O2/c1-31(2,3)26-19-23(20-27(29(26)37)32(4,5)6)13-16-24-11-9-10-12-28(24)35-30(38)36-33(7,8)21-22-14-17-25(34)18-15-22/h9-12,14-15,17-20,37H,13,16,21H2,1-8H3,(H2,35,36,38). The Morgan fingerprint density at radius 3 is 1.89 bits per heavy atom. The molecule has 3 aromatic carbocycles. The van der Waals surface area contributed by atoms with Crippen molar-refractivity contribution in [3.63, 3.8) is 0 Å². The molecule has 0 aromatic heterocycles. The van der Waals surface area contributed by atoms with E-state index < -0.39 is 5.54 Å². The number of carbonyl (C=O) groups is 1. The van der Waals surface area contributed by atoms with E-state index in [0.29, 0.717) is 12.2 Å². The molecule has 0 aliphatic rings. The van der Waals surface area contributed by atoms with Gasteiger partial charge in [0.25, 0.3) is 0 Å². The van der Waals surface area contributed by atoms with Gasteiger partial charge in [-0.2, -0.15) is 0 Å². The summed E-state index contributed by atoms with van der Waals surface area (Å²) in [6.45, 7) is 16.6. The van der Waals surface area contributed by atoms with Crippen LogP contribution in [0.15, 0.2) is 60.7 Å². The quantitative estimate of drug-likeness (QED) is 0.296. The molecule has 2 amide bonds. The molecule has 0 aliphatic carbocycles. The molecular formula is C33H43FN2O2. The first-order valence-electron chi connectivity index (χ1n) is 13.3. The van der Waals surface area contributed by atoms with E-state index in [1.54, 1.807) is 12.1 Å². The maximum atomic E-state index is 13.3. The average molecular weight is 519 g/mol. The van der Waals surface area contributed by atoms with Crippen molar-refractivity contribution in [2.75, 3.05) is 5.32 Å². The van der Waals surface area contributed by atoms with Crippen molar-refractivity contribution in [1.29, 1.82) is 0 Å². The molecule has 0 aliphatic heterocycles. The van der Waals surface area contributed by atoms with E-state index in [-0.39, 0.29) is 22.7 Å². The van der Waals surface area contributed by atoms with Gasteiger partial charge in [0.05, 0.1) is 0 Å². The number of nitrogens with one attached hydrogen (secondary N) is 2. The van der Waals surface area contributed by atoms with Gasteiger partial charge in [0.2, 0.25) is 0 Å². The first kappa shape index (κ1) is 29.2. The van der Waals surface area contributed by atoms with Crippen LogP contribution in [-0.2, 0) is 30.1 Å². The molecule has 204 valence electrons. The van der Waals surface area contributed by atoms with Gasteiger partial charge in [0.1, 0.15) is 11.6 Å². The van der Waals surface area contributed by atoms with E-state index in [4.69, 9.17) is 0 Å². The summed E-state index contributed by atoms with van der Waals surface area (Å²) in [6, 6.07) is 18.2. The Bertz CT molecular complexity index is 1230. The van der Waals surface area contributed by atoms with Gasteiger partial charge in [-0.1, -0.05) is 84.0 Å². The third-order valence-corrected chi connectivity index (χ3v) is 6.75. The molecule has 0 radical (unpaired) electrons. The van der Waals surface area contributed by atoms with Crippen LogP contribution in [0, 0.1) is 5.82 Å². The molecule has 0 saturated heterocycles. The van der Waals surface area contributed by atoms with E-state index in [1.807, 2.05) is 38.1 Å². The zero-order valence-corrected chi connectivity index (χ0v) is 24.1. The molecule has 5 heteroatoms. The number of phenolic OH excluding ortho intramolecular Hbond substituents is 1. The molecule has 0 unspecified atom stereocenters. The summed E-state index contributed by atoms with van der Waals surface area (Å²) in [4.78, 5) is 12.9.